The van der Waals surface area contributed by atoms with Crippen molar-refractivity contribution in [1.82, 2.24) is 0 Å². The molecule has 1 fully saturated rings. The summed E-state index contributed by atoms with van der Waals surface area (Å²) in [5, 5.41) is 10.4. The van der Waals surface area contributed by atoms with Gasteiger partial charge in [0.2, 0.25) is 0 Å². The van der Waals surface area contributed by atoms with Gasteiger partial charge in [-0.15, -0.1) is 0 Å². The topological polar surface area (TPSA) is 136 Å². The number of phenols is 1. The van der Waals surface area contributed by atoms with Gasteiger partial charge in [0.05, 0.1) is 51.0 Å². The lowest BCUT2D eigenvalue weighted by Gasteiger charge is -2.37. The van der Waals surface area contributed by atoms with Crippen LogP contribution in [0.5, 0.6) is 23.0 Å². The highest BCUT2D eigenvalue weighted by Gasteiger charge is 2.33. The smallest absolute Gasteiger partial charge is 0.343 e. The lowest BCUT2D eigenvalue weighted by atomic mass is 9.90. The molecule has 4 rings (SSSR count). The van der Waals surface area contributed by atoms with Crippen LogP contribution in [0.4, 0.5) is 0 Å². The molecule has 0 saturated carbocycles. The minimum Gasteiger partial charge on any atom is -0.504 e. The molecule has 11 heteroatoms. The molecule has 0 radical (unpaired) electrons. The minimum absolute atomic E-state index is 0.132. The van der Waals surface area contributed by atoms with Gasteiger partial charge in [0, 0.05) is 30.1 Å². The minimum atomic E-state index is -0.660. The van der Waals surface area contributed by atoms with Gasteiger partial charge >= 0.3 is 17.9 Å². The molecule has 11 nitrogen and oxygen atoms in total. The molecule has 0 atom stereocenters. The van der Waals surface area contributed by atoms with E-state index in [1.54, 1.807) is 12.2 Å². The number of esters is 3. The van der Waals surface area contributed by atoms with Gasteiger partial charge in [-0.1, -0.05) is 13.5 Å². The van der Waals surface area contributed by atoms with Gasteiger partial charge in [-0.2, -0.15) is 0 Å². The normalized spacial score (nSPS) is 14.9. The number of rotatable bonds is 19. The van der Waals surface area contributed by atoms with Crippen molar-refractivity contribution in [3.05, 3.63) is 84.2 Å². The van der Waals surface area contributed by atoms with E-state index in [0.717, 1.165) is 44.3 Å². The van der Waals surface area contributed by atoms with Crippen LogP contribution in [0.3, 0.4) is 0 Å². The Labute approximate surface area is 274 Å². The maximum absolute atomic E-state index is 12.7. The van der Waals surface area contributed by atoms with Crippen LogP contribution < -0.4 is 14.2 Å². The molecule has 2 aliphatic rings. The van der Waals surface area contributed by atoms with Crippen molar-refractivity contribution in [2.24, 2.45) is 5.41 Å². The van der Waals surface area contributed by atoms with E-state index in [0.29, 0.717) is 63.6 Å². The molecule has 1 aliphatic heterocycles. The van der Waals surface area contributed by atoms with Gasteiger partial charge in [0.25, 0.3) is 0 Å². The van der Waals surface area contributed by atoms with Crippen LogP contribution in [0.1, 0.15) is 55.8 Å². The van der Waals surface area contributed by atoms with Crippen molar-refractivity contribution in [1.29, 1.82) is 0 Å². The Kier molecular flexibility index (Phi) is 13.4. The van der Waals surface area contributed by atoms with Gasteiger partial charge < -0.3 is 38.3 Å². The first-order valence-electron chi connectivity index (χ1n) is 15.7. The van der Waals surface area contributed by atoms with Crippen LogP contribution in [-0.2, 0) is 28.5 Å². The number of allylic oxidation sites excluding steroid dienone is 3. The molecule has 2 aromatic carbocycles. The zero-order valence-electron chi connectivity index (χ0n) is 26.7. The average molecular weight is 651 g/mol. The van der Waals surface area contributed by atoms with E-state index in [9.17, 15) is 19.5 Å². The molecule has 252 valence electrons. The second kappa shape index (κ2) is 17.9. The standard InChI is InChI=1S/C36H42O11/c1-3-33(38)45-21-7-6-19-43-28-11-8-26(9-12-28)34(39)46-29-13-15-30(16-14-29)47-35(40)27-10-17-32(31(37)22-27)44-20-5-4-18-41-23-36(2)24-42-25-36/h3,8,10-11,13-17,22,37H,1,4-7,9,12,18-21,23-25H2,2H3. The maximum atomic E-state index is 12.7. The maximum Gasteiger partial charge on any atom is 0.343 e. The number of hydrogen-bond donors (Lipinski definition) is 1. The lowest BCUT2D eigenvalue weighted by molar-refractivity contribution is -0.138. The molecule has 0 bridgehead atoms. The van der Waals surface area contributed by atoms with E-state index in [1.807, 2.05) is 0 Å². The van der Waals surface area contributed by atoms with Crippen molar-refractivity contribution in [3.63, 3.8) is 0 Å². The van der Waals surface area contributed by atoms with Gasteiger partial charge in [-0.05, 0) is 86.7 Å². The number of carbonyl (C=O) groups is 3. The van der Waals surface area contributed by atoms with E-state index in [4.69, 9.17) is 33.2 Å². The van der Waals surface area contributed by atoms with E-state index >= 15 is 0 Å². The molecule has 0 unspecified atom stereocenters. The lowest BCUT2D eigenvalue weighted by Crippen LogP contribution is -2.43. The van der Waals surface area contributed by atoms with Crippen molar-refractivity contribution in [3.8, 4) is 23.0 Å². The highest BCUT2D eigenvalue weighted by molar-refractivity contribution is 5.92. The summed E-state index contributed by atoms with van der Waals surface area (Å²) < 4.78 is 38.1. The number of carbonyl (C=O) groups excluding carboxylic acids is 3. The van der Waals surface area contributed by atoms with Gasteiger partial charge in [-0.25, -0.2) is 14.4 Å². The van der Waals surface area contributed by atoms with Crippen molar-refractivity contribution in [2.75, 3.05) is 46.2 Å². The molecule has 0 aromatic heterocycles. The van der Waals surface area contributed by atoms with Crippen LogP contribution in [0.15, 0.2) is 78.6 Å². The summed E-state index contributed by atoms with van der Waals surface area (Å²) in [6.45, 7) is 9.48. The number of aromatic hydroxyl groups is 1. The van der Waals surface area contributed by atoms with Crippen molar-refractivity contribution in [2.45, 2.75) is 45.4 Å². The number of phenolic OH excluding ortho intramolecular Hbond substituents is 1. The second-order valence-corrected chi connectivity index (χ2v) is 11.6. The molecule has 2 aromatic rings. The first-order chi connectivity index (χ1) is 22.7. The molecule has 1 saturated heterocycles. The molecule has 1 heterocycles. The van der Waals surface area contributed by atoms with Gasteiger partial charge in [0.15, 0.2) is 11.5 Å². The van der Waals surface area contributed by atoms with Crippen molar-refractivity contribution >= 4 is 17.9 Å². The van der Waals surface area contributed by atoms with Gasteiger partial charge in [0.1, 0.15) is 11.5 Å². The number of ether oxygens (including phenoxy) is 7. The Bertz CT molecular complexity index is 1440. The summed E-state index contributed by atoms with van der Waals surface area (Å²) in [4.78, 5) is 36.3. The highest BCUT2D eigenvalue weighted by atomic mass is 16.5. The first kappa shape index (κ1) is 35.2. The number of benzene rings is 2. The first-order valence-corrected chi connectivity index (χ1v) is 15.7. The highest BCUT2D eigenvalue weighted by Crippen LogP contribution is 2.29. The third kappa shape index (κ3) is 11.6. The molecular formula is C36H42O11. The molecule has 1 N–H and O–H groups in total. The SMILES string of the molecule is C=CC(=O)OCCCCOC1=CC=C(C(=O)Oc2ccc(OC(=O)c3ccc(OCCCCOCC4(C)COC4)c(O)c3)cc2)CC1. The van der Waals surface area contributed by atoms with E-state index in [-0.39, 0.29) is 28.2 Å². The summed E-state index contributed by atoms with van der Waals surface area (Å²) >= 11 is 0. The number of hydrogen-bond acceptors (Lipinski definition) is 11. The molecule has 1 aliphatic carbocycles. The zero-order valence-corrected chi connectivity index (χ0v) is 26.7. The van der Waals surface area contributed by atoms with Gasteiger partial charge in [-0.3, -0.25) is 0 Å². The summed E-state index contributed by atoms with van der Waals surface area (Å²) in [5.41, 5.74) is 0.795. The van der Waals surface area contributed by atoms with Crippen LogP contribution in [-0.4, -0.2) is 69.3 Å². The Balaban J connectivity index is 1.14. The predicted molar refractivity (Wildman–Crippen MR) is 171 cm³/mol. The average Bonchev–Trinajstić information content (AvgIpc) is 3.06. The Morgan fingerprint density at radius 2 is 1.51 bits per heavy atom. The largest absolute Gasteiger partial charge is 0.504 e. The zero-order chi connectivity index (χ0) is 33.5. The molecule has 47 heavy (non-hydrogen) atoms. The summed E-state index contributed by atoms with van der Waals surface area (Å²) in [5.74, 6) is -0.145. The fraction of sp³-hybridized carbons (Fsp3) is 0.417. The summed E-state index contributed by atoms with van der Waals surface area (Å²) in [6.07, 6.45) is 8.58. The van der Waals surface area contributed by atoms with E-state index < -0.39 is 17.9 Å². The molecule has 0 amide bonds. The monoisotopic (exact) mass is 650 g/mol. The Hall–Kier alpha value is -4.61. The third-order valence-corrected chi connectivity index (χ3v) is 7.34. The number of unbranched alkanes of at least 4 members (excludes halogenated alkanes) is 2. The predicted octanol–water partition coefficient (Wildman–Crippen LogP) is 5.86. The summed E-state index contributed by atoms with van der Waals surface area (Å²) in [7, 11) is 0. The van der Waals surface area contributed by atoms with E-state index in [1.165, 1.54) is 42.5 Å². The van der Waals surface area contributed by atoms with Crippen molar-refractivity contribution < 1.29 is 52.6 Å². The second-order valence-electron chi connectivity index (χ2n) is 11.6. The molecular weight excluding hydrogens is 608 g/mol. The third-order valence-electron chi connectivity index (χ3n) is 7.34. The Morgan fingerprint density at radius 1 is 0.851 bits per heavy atom. The van der Waals surface area contributed by atoms with Crippen LogP contribution in [0, 0.1) is 5.41 Å². The fourth-order valence-corrected chi connectivity index (χ4v) is 4.57. The molecule has 0 spiro atoms. The van der Waals surface area contributed by atoms with E-state index in [2.05, 4.69) is 13.5 Å². The van der Waals surface area contributed by atoms with Crippen LogP contribution in [0.2, 0.25) is 0 Å². The fourth-order valence-electron chi connectivity index (χ4n) is 4.57. The summed E-state index contributed by atoms with van der Waals surface area (Å²) in [6, 6.07) is 10.4. The van der Waals surface area contributed by atoms with Crippen LogP contribution in [0.25, 0.3) is 0 Å². The van der Waals surface area contributed by atoms with Crippen LogP contribution >= 0.6 is 0 Å². The quantitative estimate of drug-likeness (QED) is 0.0848. The Morgan fingerprint density at radius 3 is 2.13 bits per heavy atom.